The van der Waals surface area contributed by atoms with Crippen LogP contribution < -0.4 is 5.32 Å². The van der Waals surface area contributed by atoms with Gasteiger partial charge in [-0.1, -0.05) is 6.92 Å². The molecule has 1 aliphatic carbocycles. The topological polar surface area (TPSA) is 30.5 Å². The molecule has 0 spiro atoms. The average Bonchev–Trinajstić information content (AvgIpc) is 2.90. The Morgan fingerprint density at radius 3 is 2.86 bits per heavy atom. The molecule has 0 bridgehead atoms. The van der Waals surface area contributed by atoms with Gasteiger partial charge < -0.3 is 14.8 Å². The normalized spacial score (nSPS) is 29.4. The summed E-state index contributed by atoms with van der Waals surface area (Å²) < 4.78 is 11.2. The van der Waals surface area contributed by atoms with Crippen LogP contribution in [0.15, 0.2) is 0 Å². The van der Waals surface area contributed by atoms with Crippen molar-refractivity contribution < 1.29 is 9.47 Å². The highest BCUT2D eigenvalue weighted by Crippen LogP contribution is 2.19. The van der Waals surface area contributed by atoms with Crippen molar-refractivity contribution in [2.45, 2.75) is 50.9 Å². The van der Waals surface area contributed by atoms with Gasteiger partial charge in [0.15, 0.2) is 0 Å². The maximum Gasteiger partial charge on any atom is 0.0834 e. The van der Waals surface area contributed by atoms with Crippen molar-refractivity contribution in [3.8, 4) is 0 Å². The van der Waals surface area contributed by atoms with Gasteiger partial charge in [0.05, 0.1) is 18.8 Å². The third-order valence-corrected chi connectivity index (χ3v) is 2.94. The van der Waals surface area contributed by atoms with Crippen molar-refractivity contribution >= 4 is 0 Å². The van der Waals surface area contributed by atoms with E-state index in [-0.39, 0.29) is 0 Å². The summed E-state index contributed by atoms with van der Waals surface area (Å²) in [5.41, 5.74) is 0. The van der Waals surface area contributed by atoms with Crippen molar-refractivity contribution in [2.24, 2.45) is 0 Å². The molecule has 2 rings (SSSR count). The molecule has 1 aliphatic heterocycles. The second kappa shape index (κ2) is 5.10. The summed E-state index contributed by atoms with van der Waals surface area (Å²) in [5, 5.41) is 3.52. The van der Waals surface area contributed by atoms with Crippen LogP contribution in [0.3, 0.4) is 0 Å². The van der Waals surface area contributed by atoms with Crippen LogP contribution in [0.5, 0.6) is 0 Å². The molecule has 2 fully saturated rings. The maximum atomic E-state index is 5.95. The van der Waals surface area contributed by atoms with E-state index in [9.17, 15) is 0 Å². The van der Waals surface area contributed by atoms with Crippen LogP contribution in [0.1, 0.15) is 32.6 Å². The largest absolute Gasteiger partial charge is 0.379 e. The second-order valence-corrected chi connectivity index (χ2v) is 4.33. The molecule has 1 saturated carbocycles. The highest BCUT2D eigenvalue weighted by atomic mass is 16.5. The van der Waals surface area contributed by atoms with Gasteiger partial charge in [0.1, 0.15) is 0 Å². The molecule has 1 saturated heterocycles. The summed E-state index contributed by atoms with van der Waals surface area (Å²) in [5.74, 6) is 0. The minimum absolute atomic E-state index is 0.348. The molecule has 82 valence electrons. The molecule has 3 nitrogen and oxygen atoms in total. The van der Waals surface area contributed by atoms with E-state index >= 15 is 0 Å². The summed E-state index contributed by atoms with van der Waals surface area (Å²) >= 11 is 0. The Morgan fingerprint density at radius 1 is 1.43 bits per heavy atom. The number of hydrogen-bond acceptors (Lipinski definition) is 3. The molecule has 2 unspecified atom stereocenters. The van der Waals surface area contributed by atoms with Crippen LogP contribution in [0.4, 0.5) is 0 Å². The first-order valence-electron chi connectivity index (χ1n) is 5.85. The fraction of sp³-hybridized carbons (Fsp3) is 1.00. The zero-order chi connectivity index (χ0) is 9.80. The van der Waals surface area contributed by atoms with Gasteiger partial charge in [-0.25, -0.2) is 0 Å². The molecule has 1 heterocycles. The van der Waals surface area contributed by atoms with Gasteiger partial charge in [0, 0.05) is 19.2 Å². The summed E-state index contributed by atoms with van der Waals surface area (Å²) in [6.07, 6.45) is 5.59. The van der Waals surface area contributed by atoms with E-state index in [1.54, 1.807) is 0 Å². The van der Waals surface area contributed by atoms with Crippen molar-refractivity contribution in [1.82, 2.24) is 5.32 Å². The Balaban J connectivity index is 1.62. The first-order valence-corrected chi connectivity index (χ1v) is 5.85. The second-order valence-electron chi connectivity index (χ2n) is 4.33. The van der Waals surface area contributed by atoms with Crippen LogP contribution in [0.25, 0.3) is 0 Å². The predicted octanol–water partition coefficient (Wildman–Crippen LogP) is 1.32. The van der Waals surface area contributed by atoms with Crippen LogP contribution in [0, 0.1) is 0 Å². The summed E-state index contributed by atoms with van der Waals surface area (Å²) in [6, 6.07) is 0.785. The Hall–Kier alpha value is -0.120. The fourth-order valence-electron chi connectivity index (χ4n) is 1.77. The zero-order valence-electron chi connectivity index (χ0n) is 9.00. The van der Waals surface area contributed by atoms with E-state index in [0.717, 1.165) is 38.6 Å². The lowest BCUT2D eigenvalue weighted by Crippen LogP contribution is -2.33. The van der Waals surface area contributed by atoms with Gasteiger partial charge in [0.2, 0.25) is 0 Å². The van der Waals surface area contributed by atoms with Crippen molar-refractivity contribution in [3.63, 3.8) is 0 Å². The minimum Gasteiger partial charge on any atom is -0.379 e. The first kappa shape index (κ1) is 10.4. The SMILES string of the molecule is CCC(CNC1CC1)OC1CCOC1. The third kappa shape index (κ3) is 3.23. The molecule has 0 radical (unpaired) electrons. The first-order chi connectivity index (χ1) is 6.88. The van der Waals surface area contributed by atoms with E-state index in [1.807, 2.05) is 0 Å². The van der Waals surface area contributed by atoms with Gasteiger partial charge in [-0.3, -0.25) is 0 Å². The summed E-state index contributed by atoms with van der Waals surface area (Å²) in [6.45, 7) is 4.86. The zero-order valence-corrected chi connectivity index (χ0v) is 9.00. The lowest BCUT2D eigenvalue weighted by molar-refractivity contribution is -0.0165. The van der Waals surface area contributed by atoms with Crippen LogP contribution in [-0.4, -0.2) is 38.0 Å². The summed E-state index contributed by atoms with van der Waals surface area (Å²) in [7, 11) is 0. The van der Waals surface area contributed by atoms with Gasteiger partial charge in [-0.05, 0) is 25.7 Å². The van der Waals surface area contributed by atoms with E-state index in [2.05, 4.69) is 12.2 Å². The lowest BCUT2D eigenvalue weighted by atomic mass is 10.2. The highest BCUT2D eigenvalue weighted by molar-refractivity contribution is 4.82. The lowest BCUT2D eigenvalue weighted by Gasteiger charge is -2.20. The highest BCUT2D eigenvalue weighted by Gasteiger charge is 2.24. The quantitative estimate of drug-likeness (QED) is 0.700. The van der Waals surface area contributed by atoms with Crippen LogP contribution in [-0.2, 0) is 9.47 Å². The van der Waals surface area contributed by atoms with Gasteiger partial charge >= 0.3 is 0 Å². The molecule has 2 atom stereocenters. The molecule has 2 aliphatic rings. The monoisotopic (exact) mass is 199 g/mol. The molecule has 14 heavy (non-hydrogen) atoms. The van der Waals surface area contributed by atoms with E-state index in [0.29, 0.717) is 12.2 Å². The van der Waals surface area contributed by atoms with Crippen molar-refractivity contribution in [2.75, 3.05) is 19.8 Å². The number of ether oxygens (including phenoxy) is 2. The number of hydrogen-bond donors (Lipinski definition) is 1. The van der Waals surface area contributed by atoms with E-state index in [1.165, 1.54) is 12.8 Å². The Morgan fingerprint density at radius 2 is 2.29 bits per heavy atom. The molecule has 1 N–H and O–H groups in total. The molecule has 0 amide bonds. The maximum absolute atomic E-state index is 5.95. The van der Waals surface area contributed by atoms with Crippen molar-refractivity contribution in [3.05, 3.63) is 0 Å². The Labute approximate surface area is 86.2 Å². The Kier molecular flexibility index (Phi) is 3.79. The molecule has 3 heteroatoms. The number of rotatable bonds is 6. The van der Waals surface area contributed by atoms with Gasteiger partial charge in [0.25, 0.3) is 0 Å². The average molecular weight is 199 g/mol. The number of nitrogens with one attached hydrogen (secondary N) is 1. The van der Waals surface area contributed by atoms with E-state index < -0.39 is 0 Å². The standard InChI is InChI=1S/C11H21NO2/c1-2-10(7-12-9-3-4-9)14-11-5-6-13-8-11/h9-12H,2-8H2,1H3. The van der Waals surface area contributed by atoms with E-state index in [4.69, 9.17) is 9.47 Å². The predicted molar refractivity (Wildman–Crippen MR) is 55.4 cm³/mol. The third-order valence-electron chi connectivity index (χ3n) is 2.94. The molecular weight excluding hydrogens is 178 g/mol. The Bertz CT molecular complexity index is 165. The smallest absolute Gasteiger partial charge is 0.0834 e. The van der Waals surface area contributed by atoms with Crippen molar-refractivity contribution in [1.29, 1.82) is 0 Å². The summed E-state index contributed by atoms with van der Waals surface area (Å²) in [4.78, 5) is 0. The van der Waals surface area contributed by atoms with Crippen LogP contribution >= 0.6 is 0 Å². The molecule has 0 aromatic carbocycles. The van der Waals surface area contributed by atoms with Gasteiger partial charge in [-0.15, -0.1) is 0 Å². The molecule has 0 aromatic rings. The van der Waals surface area contributed by atoms with Crippen LogP contribution in [0.2, 0.25) is 0 Å². The minimum atomic E-state index is 0.348. The molecule has 0 aromatic heterocycles. The fourth-order valence-corrected chi connectivity index (χ4v) is 1.77. The molecular formula is C11H21NO2. The van der Waals surface area contributed by atoms with Gasteiger partial charge in [-0.2, -0.15) is 0 Å².